The van der Waals surface area contributed by atoms with Crippen LogP contribution < -0.4 is 5.32 Å². The van der Waals surface area contributed by atoms with Gasteiger partial charge in [-0.2, -0.15) is 5.10 Å². The Labute approximate surface area is 115 Å². The summed E-state index contributed by atoms with van der Waals surface area (Å²) in [6.07, 6.45) is 1.70. The molecule has 7 nitrogen and oxygen atoms in total. The van der Waals surface area contributed by atoms with Gasteiger partial charge in [0.15, 0.2) is 0 Å². The van der Waals surface area contributed by atoms with Gasteiger partial charge in [0.25, 0.3) is 0 Å². The largest absolute Gasteiger partial charge is 0.480 e. The molecule has 104 valence electrons. The number of nitrogens with one attached hydrogen (secondary N) is 1. The van der Waals surface area contributed by atoms with Crippen molar-refractivity contribution in [1.29, 1.82) is 0 Å². The highest BCUT2D eigenvalue weighted by Gasteiger charge is 2.34. The molecule has 0 spiro atoms. The maximum absolute atomic E-state index is 12.0. The average Bonchev–Trinajstić information content (AvgIpc) is 2.96. The first-order valence-electron chi connectivity index (χ1n) is 5.83. The van der Waals surface area contributed by atoms with Gasteiger partial charge in [0.2, 0.25) is 0 Å². The third-order valence-electron chi connectivity index (χ3n) is 3.20. The molecule has 2 rings (SSSR count). The second-order valence-corrected chi connectivity index (χ2v) is 5.36. The molecule has 1 aromatic rings. The lowest BCUT2D eigenvalue weighted by atomic mass is 10.2. The summed E-state index contributed by atoms with van der Waals surface area (Å²) in [5.74, 6) is -0.110. The van der Waals surface area contributed by atoms with Crippen molar-refractivity contribution in [2.24, 2.45) is 7.05 Å². The minimum absolute atomic E-state index is 0.347. The number of thioether (sulfide) groups is 1. The van der Waals surface area contributed by atoms with Gasteiger partial charge in [0, 0.05) is 30.6 Å². The topological polar surface area (TPSA) is 87.5 Å². The zero-order valence-corrected chi connectivity index (χ0v) is 11.6. The SMILES string of the molecule is Cc1c(CNC(=O)N2CSC[C@H]2C(=O)O)cnn1C. The number of carbonyl (C=O) groups excluding carboxylic acids is 1. The summed E-state index contributed by atoms with van der Waals surface area (Å²) in [6, 6.07) is -1.08. The van der Waals surface area contributed by atoms with Gasteiger partial charge in [-0.15, -0.1) is 11.8 Å². The van der Waals surface area contributed by atoms with Crippen molar-refractivity contribution in [2.75, 3.05) is 11.6 Å². The first-order valence-corrected chi connectivity index (χ1v) is 6.98. The smallest absolute Gasteiger partial charge is 0.327 e. The Morgan fingerprint density at radius 1 is 1.63 bits per heavy atom. The van der Waals surface area contributed by atoms with Crippen molar-refractivity contribution in [3.8, 4) is 0 Å². The van der Waals surface area contributed by atoms with E-state index in [9.17, 15) is 9.59 Å². The fourth-order valence-electron chi connectivity index (χ4n) is 1.84. The molecule has 1 fully saturated rings. The van der Waals surface area contributed by atoms with Crippen LogP contribution in [0.2, 0.25) is 0 Å². The monoisotopic (exact) mass is 284 g/mol. The minimum Gasteiger partial charge on any atom is -0.480 e. The van der Waals surface area contributed by atoms with E-state index in [1.165, 1.54) is 16.7 Å². The number of amides is 2. The maximum Gasteiger partial charge on any atom is 0.327 e. The van der Waals surface area contributed by atoms with Crippen LogP contribution >= 0.6 is 11.8 Å². The number of carbonyl (C=O) groups is 2. The van der Waals surface area contributed by atoms with Gasteiger partial charge in [0.05, 0.1) is 12.1 Å². The molecule has 0 bridgehead atoms. The second kappa shape index (κ2) is 5.52. The molecule has 0 radical (unpaired) electrons. The Balaban J connectivity index is 1.94. The van der Waals surface area contributed by atoms with Crippen LogP contribution in [0.5, 0.6) is 0 Å². The molecule has 8 heteroatoms. The van der Waals surface area contributed by atoms with E-state index in [2.05, 4.69) is 10.4 Å². The molecule has 0 aliphatic carbocycles. The summed E-state index contributed by atoms with van der Waals surface area (Å²) >= 11 is 1.44. The van der Waals surface area contributed by atoms with Crippen LogP contribution in [0.25, 0.3) is 0 Å². The van der Waals surface area contributed by atoms with E-state index in [-0.39, 0.29) is 6.03 Å². The van der Waals surface area contributed by atoms with Crippen LogP contribution in [0.3, 0.4) is 0 Å². The molecular formula is C11H16N4O3S. The number of hydrogen-bond acceptors (Lipinski definition) is 4. The van der Waals surface area contributed by atoms with Crippen LogP contribution in [0.15, 0.2) is 6.20 Å². The van der Waals surface area contributed by atoms with E-state index in [1.807, 2.05) is 14.0 Å². The van der Waals surface area contributed by atoms with Gasteiger partial charge in [-0.3, -0.25) is 4.68 Å². The van der Waals surface area contributed by atoms with E-state index >= 15 is 0 Å². The molecule has 1 aliphatic rings. The molecule has 0 unspecified atom stereocenters. The standard InChI is InChI=1S/C11H16N4O3S/c1-7-8(4-13-14(7)2)3-12-11(18)15-6-19-5-9(15)10(16)17/h4,9H,3,5-6H2,1-2H3,(H,12,18)(H,16,17)/t9-/m0/s1. The number of rotatable bonds is 3. The summed E-state index contributed by atoms with van der Waals surface area (Å²) < 4.78 is 1.73. The summed E-state index contributed by atoms with van der Waals surface area (Å²) in [5.41, 5.74) is 1.90. The number of nitrogens with zero attached hydrogens (tertiary/aromatic N) is 3. The molecule has 2 amide bonds. The molecule has 19 heavy (non-hydrogen) atoms. The molecular weight excluding hydrogens is 268 g/mol. The Bertz CT molecular complexity index is 502. The number of hydrogen-bond donors (Lipinski definition) is 2. The zero-order valence-electron chi connectivity index (χ0n) is 10.8. The predicted molar refractivity (Wildman–Crippen MR) is 70.8 cm³/mol. The third kappa shape index (κ3) is 2.83. The Hall–Kier alpha value is -1.70. The van der Waals surface area contributed by atoms with Crippen LogP contribution in [0.4, 0.5) is 4.79 Å². The van der Waals surface area contributed by atoms with Gasteiger partial charge >= 0.3 is 12.0 Å². The first kappa shape index (κ1) is 13.7. The van der Waals surface area contributed by atoms with E-state index in [0.717, 1.165) is 11.3 Å². The number of carboxylic acid groups (broad SMARTS) is 1. The first-order chi connectivity index (χ1) is 9.00. The molecule has 1 aromatic heterocycles. The zero-order chi connectivity index (χ0) is 14.0. The van der Waals surface area contributed by atoms with E-state index in [1.54, 1.807) is 10.9 Å². The summed E-state index contributed by atoms with van der Waals surface area (Å²) in [4.78, 5) is 24.3. The van der Waals surface area contributed by atoms with Crippen molar-refractivity contribution in [3.05, 3.63) is 17.5 Å². The van der Waals surface area contributed by atoms with E-state index < -0.39 is 12.0 Å². The molecule has 2 heterocycles. The normalized spacial score (nSPS) is 18.6. The quantitative estimate of drug-likeness (QED) is 0.839. The Morgan fingerprint density at radius 3 is 2.95 bits per heavy atom. The van der Waals surface area contributed by atoms with Crippen molar-refractivity contribution in [2.45, 2.75) is 19.5 Å². The van der Waals surface area contributed by atoms with Gasteiger partial charge in [-0.05, 0) is 6.92 Å². The number of carboxylic acids is 1. The average molecular weight is 284 g/mol. The highest BCUT2D eigenvalue weighted by molar-refractivity contribution is 7.99. The van der Waals surface area contributed by atoms with E-state index in [4.69, 9.17) is 5.11 Å². The van der Waals surface area contributed by atoms with Crippen LogP contribution in [0.1, 0.15) is 11.3 Å². The fourth-order valence-corrected chi connectivity index (χ4v) is 2.98. The maximum atomic E-state index is 12.0. The second-order valence-electron chi connectivity index (χ2n) is 4.36. The predicted octanol–water partition coefficient (Wildman–Crippen LogP) is 0.398. The highest BCUT2D eigenvalue weighted by atomic mass is 32.2. The highest BCUT2D eigenvalue weighted by Crippen LogP contribution is 2.21. The fraction of sp³-hybridized carbons (Fsp3) is 0.545. The van der Waals surface area contributed by atoms with Gasteiger partial charge in [0.1, 0.15) is 6.04 Å². The van der Waals surface area contributed by atoms with Gasteiger partial charge < -0.3 is 15.3 Å². The van der Waals surface area contributed by atoms with Crippen LogP contribution in [0, 0.1) is 6.92 Å². The van der Waals surface area contributed by atoms with Gasteiger partial charge in [-0.25, -0.2) is 9.59 Å². The van der Waals surface area contributed by atoms with Gasteiger partial charge in [-0.1, -0.05) is 0 Å². The lowest BCUT2D eigenvalue weighted by molar-refractivity contribution is -0.140. The van der Waals surface area contributed by atoms with Crippen molar-refractivity contribution >= 4 is 23.8 Å². The third-order valence-corrected chi connectivity index (χ3v) is 4.21. The van der Waals surface area contributed by atoms with Crippen molar-refractivity contribution < 1.29 is 14.7 Å². The number of aryl methyl sites for hydroxylation is 1. The lowest BCUT2D eigenvalue weighted by Gasteiger charge is -2.20. The number of urea groups is 1. The van der Waals surface area contributed by atoms with Crippen LogP contribution in [-0.2, 0) is 18.4 Å². The summed E-state index contributed by atoms with van der Waals surface area (Å²) in [7, 11) is 1.83. The molecule has 0 aromatic carbocycles. The lowest BCUT2D eigenvalue weighted by Crippen LogP contribution is -2.46. The molecule has 1 saturated heterocycles. The number of aliphatic carboxylic acids is 1. The summed E-state index contributed by atoms with van der Waals surface area (Å²) in [6.45, 7) is 2.27. The molecule has 2 N–H and O–H groups in total. The minimum atomic E-state index is -0.960. The molecule has 1 aliphatic heterocycles. The van der Waals surface area contributed by atoms with Crippen molar-refractivity contribution in [3.63, 3.8) is 0 Å². The molecule has 0 saturated carbocycles. The Kier molecular flexibility index (Phi) is 3.98. The summed E-state index contributed by atoms with van der Waals surface area (Å²) in [5, 5.41) is 15.8. The van der Waals surface area contributed by atoms with E-state index in [0.29, 0.717) is 18.2 Å². The Morgan fingerprint density at radius 2 is 2.37 bits per heavy atom. The molecule has 1 atom stereocenters. The van der Waals surface area contributed by atoms with Crippen LogP contribution in [-0.4, -0.2) is 49.5 Å². The van der Waals surface area contributed by atoms with Crippen molar-refractivity contribution in [1.82, 2.24) is 20.0 Å². The number of aromatic nitrogens is 2.